The maximum atomic E-state index is 12.5. The first-order valence-electron chi connectivity index (χ1n) is 9.70. The highest BCUT2D eigenvalue weighted by atomic mass is 16.5. The topological polar surface area (TPSA) is 93.2 Å². The van der Waals surface area contributed by atoms with Gasteiger partial charge in [-0.2, -0.15) is 0 Å². The molecule has 1 heterocycles. The molecule has 7 nitrogen and oxygen atoms in total. The summed E-state index contributed by atoms with van der Waals surface area (Å²) >= 11 is 0. The number of nitrogens with zero attached hydrogens (tertiary/aromatic N) is 1. The summed E-state index contributed by atoms with van der Waals surface area (Å²) in [7, 11) is 1.60. The van der Waals surface area contributed by atoms with Crippen molar-refractivity contribution in [3.63, 3.8) is 0 Å². The van der Waals surface area contributed by atoms with Gasteiger partial charge < -0.3 is 15.0 Å². The van der Waals surface area contributed by atoms with Crippen LogP contribution < -0.4 is 21.3 Å². The Morgan fingerprint density at radius 1 is 1.03 bits per heavy atom. The van der Waals surface area contributed by atoms with Crippen LogP contribution in [0.3, 0.4) is 0 Å². The summed E-state index contributed by atoms with van der Waals surface area (Å²) in [6.45, 7) is 0.756. The Hall–Kier alpha value is -3.35. The summed E-state index contributed by atoms with van der Waals surface area (Å²) in [5.41, 5.74) is 0.797. The molecule has 0 bridgehead atoms. The second-order valence-corrected chi connectivity index (χ2v) is 6.83. The largest absolute Gasteiger partial charge is 0.496 e. The predicted molar refractivity (Wildman–Crippen MR) is 112 cm³/mol. The molecule has 0 unspecified atom stereocenters. The lowest BCUT2D eigenvalue weighted by molar-refractivity contribution is -0.121. The van der Waals surface area contributed by atoms with Gasteiger partial charge in [-0.3, -0.25) is 14.2 Å². The molecule has 0 spiro atoms. The Labute approximate surface area is 168 Å². The molecule has 0 radical (unpaired) electrons. The van der Waals surface area contributed by atoms with E-state index in [1.165, 1.54) is 4.57 Å². The van der Waals surface area contributed by atoms with Crippen molar-refractivity contribution in [1.29, 1.82) is 0 Å². The molecule has 2 aromatic carbocycles. The number of aromatic amines is 1. The molecule has 1 aromatic heterocycles. The first-order chi connectivity index (χ1) is 14.1. The summed E-state index contributed by atoms with van der Waals surface area (Å²) < 4.78 is 6.50. The Morgan fingerprint density at radius 2 is 1.79 bits per heavy atom. The number of benzene rings is 2. The van der Waals surface area contributed by atoms with Gasteiger partial charge in [0.05, 0.1) is 18.0 Å². The van der Waals surface area contributed by atoms with Crippen molar-refractivity contribution in [2.45, 2.75) is 38.8 Å². The zero-order valence-corrected chi connectivity index (χ0v) is 16.4. The molecule has 0 aliphatic rings. The van der Waals surface area contributed by atoms with E-state index in [2.05, 4.69) is 10.3 Å². The van der Waals surface area contributed by atoms with E-state index >= 15 is 0 Å². The number of amides is 1. The molecule has 0 atom stereocenters. The van der Waals surface area contributed by atoms with Crippen LogP contribution in [0.5, 0.6) is 5.75 Å². The monoisotopic (exact) mass is 395 g/mol. The average molecular weight is 395 g/mol. The van der Waals surface area contributed by atoms with Crippen molar-refractivity contribution in [3.8, 4) is 5.75 Å². The zero-order chi connectivity index (χ0) is 20.6. The number of carbonyl (C=O) groups is 1. The van der Waals surface area contributed by atoms with Crippen LogP contribution in [0.15, 0.2) is 58.1 Å². The van der Waals surface area contributed by atoms with Crippen molar-refractivity contribution in [2.75, 3.05) is 7.11 Å². The third-order valence-electron chi connectivity index (χ3n) is 4.84. The quantitative estimate of drug-likeness (QED) is 0.545. The van der Waals surface area contributed by atoms with Crippen molar-refractivity contribution < 1.29 is 9.53 Å². The first-order valence-corrected chi connectivity index (χ1v) is 9.70. The van der Waals surface area contributed by atoms with Crippen molar-refractivity contribution in [3.05, 3.63) is 74.9 Å². The smallest absolute Gasteiger partial charge is 0.328 e. The Bertz CT molecular complexity index is 1100. The second-order valence-electron chi connectivity index (χ2n) is 6.83. The molecule has 0 aliphatic heterocycles. The van der Waals surface area contributed by atoms with Gasteiger partial charge in [0.25, 0.3) is 5.56 Å². The van der Waals surface area contributed by atoms with Crippen LogP contribution in [-0.4, -0.2) is 22.6 Å². The fourth-order valence-corrected chi connectivity index (χ4v) is 3.27. The van der Waals surface area contributed by atoms with Crippen molar-refractivity contribution in [1.82, 2.24) is 14.9 Å². The number of fused-ring (bicyclic) bond motifs is 1. The van der Waals surface area contributed by atoms with Crippen LogP contribution in [-0.2, 0) is 17.9 Å². The average Bonchev–Trinajstić information content (AvgIpc) is 2.74. The fourth-order valence-electron chi connectivity index (χ4n) is 3.27. The standard InChI is InChI=1S/C22H25N3O4/c1-29-19-12-7-4-9-16(19)15-23-20(26)13-3-2-8-14-25-21(27)17-10-5-6-11-18(17)24-22(25)28/h4-7,9-12H,2-3,8,13-15H2,1H3,(H,23,26)(H,24,28). The third-order valence-corrected chi connectivity index (χ3v) is 4.84. The minimum atomic E-state index is -0.400. The number of hydrogen-bond acceptors (Lipinski definition) is 4. The maximum absolute atomic E-state index is 12.5. The van der Waals surface area contributed by atoms with E-state index in [4.69, 9.17) is 4.74 Å². The minimum Gasteiger partial charge on any atom is -0.496 e. The molecular weight excluding hydrogens is 370 g/mol. The number of ether oxygens (including phenoxy) is 1. The molecular formula is C22H25N3O4. The van der Waals surface area contributed by atoms with Gasteiger partial charge in [-0.1, -0.05) is 36.8 Å². The number of para-hydroxylation sites is 2. The predicted octanol–water partition coefficient (Wildman–Crippen LogP) is 2.58. The number of methoxy groups -OCH3 is 1. The number of unbranched alkanes of at least 4 members (excludes halogenated alkanes) is 2. The summed E-state index contributed by atoms with van der Waals surface area (Å²) in [6.07, 6.45) is 2.50. The molecule has 0 saturated heterocycles. The Balaban J connectivity index is 1.44. The molecule has 1 amide bonds. The van der Waals surface area contributed by atoms with Crippen LogP contribution in [0.1, 0.15) is 31.2 Å². The fraction of sp³-hybridized carbons (Fsp3) is 0.318. The van der Waals surface area contributed by atoms with Crippen LogP contribution in [0.2, 0.25) is 0 Å². The van der Waals surface area contributed by atoms with Crippen LogP contribution in [0, 0.1) is 0 Å². The molecule has 0 fully saturated rings. The van der Waals surface area contributed by atoms with Gasteiger partial charge >= 0.3 is 5.69 Å². The lowest BCUT2D eigenvalue weighted by Crippen LogP contribution is -2.35. The lowest BCUT2D eigenvalue weighted by Gasteiger charge is -2.09. The number of carbonyl (C=O) groups excluding carboxylic acids is 1. The maximum Gasteiger partial charge on any atom is 0.328 e. The third kappa shape index (κ3) is 5.13. The number of aromatic nitrogens is 2. The van der Waals surface area contributed by atoms with E-state index in [0.29, 0.717) is 43.3 Å². The normalized spacial score (nSPS) is 10.8. The van der Waals surface area contributed by atoms with Crippen LogP contribution >= 0.6 is 0 Å². The van der Waals surface area contributed by atoms with E-state index < -0.39 is 5.69 Å². The highest BCUT2D eigenvalue weighted by Gasteiger charge is 2.08. The van der Waals surface area contributed by atoms with E-state index in [9.17, 15) is 14.4 Å². The molecule has 2 N–H and O–H groups in total. The molecule has 152 valence electrons. The van der Waals surface area contributed by atoms with Gasteiger partial charge in [-0.05, 0) is 31.0 Å². The Kier molecular flexibility index (Phi) is 6.84. The van der Waals surface area contributed by atoms with E-state index in [1.807, 2.05) is 24.3 Å². The molecule has 7 heteroatoms. The highest BCUT2D eigenvalue weighted by molar-refractivity contribution is 5.77. The molecule has 3 aromatic rings. The van der Waals surface area contributed by atoms with Gasteiger partial charge in [-0.15, -0.1) is 0 Å². The number of rotatable bonds is 9. The second kappa shape index (κ2) is 9.73. The van der Waals surface area contributed by atoms with E-state index in [0.717, 1.165) is 17.7 Å². The molecule has 0 saturated carbocycles. The highest BCUT2D eigenvalue weighted by Crippen LogP contribution is 2.16. The van der Waals surface area contributed by atoms with E-state index in [-0.39, 0.29) is 11.5 Å². The first kappa shape index (κ1) is 20.4. The SMILES string of the molecule is COc1ccccc1CNC(=O)CCCCCn1c(=O)[nH]c2ccccc2c1=O. The number of nitrogens with one attached hydrogen (secondary N) is 2. The molecule has 3 rings (SSSR count). The lowest BCUT2D eigenvalue weighted by atomic mass is 10.1. The van der Waals surface area contributed by atoms with Crippen LogP contribution in [0.25, 0.3) is 10.9 Å². The number of hydrogen-bond donors (Lipinski definition) is 2. The van der Waals surface area contributed by atoms with Crippen molar-refractivity contribution >= 4 is 16.8 Å². The summed E-state index contributed by atoms with van der Waals surface area (Å²) in [5, 5.41) is 3.39. The zero-order valence-electron chi connectivity index (χ0n) is 16.4. The summed E-state index contributed by atoms with van der Waals surface area (Å²) in [4.78, 5) is 39.4. The summed E-state index contributed by atoms with van der Waals surface area (Å²) in [6, 6.07) is 14.5. The van der Waals surface area contributed by atoms with Gasteiger partial charge in [0.15, 0.2) is 0 Å². The van der Waals surface area contributed by atoms with Gasteiger partial charge in [0, 0.05) is 25.1 Å². The minimum absolute atomic E-state index is 0.0309. The summed E-state index contributed by atoms with van der Waals surface area (Å²) in [5.74, 6) is 0.718. The van der Waals surface area contributed by atoms with Gasteiger partial charge in [0.1, 0.15) is 5.75 Å². The Morgan fingerprint density at radius 3 is 2.62 bits per heavy atom. The van der Waals surface area contributed by atoms with Crippen LogP contribution in [0.4, 0.5) is 0 Å². The van der Waals surface area contributed by atoms with Gasteiger partial charge in [0.2, 0.25) is 5.91 Å². The van der Waals surface area contributed by atoms with Crippen molar-refractivity contribution in [2.24, 2.45) is 0 Å². The molecule has 29 heavy (non-hydrogen) atoms. The number of H-pyrrole nitrogens is 1. The van der Waals surface area contributed by atoms with Gasteiger partial charge in [-0.25, -0.2) is 4.79 Å². The molecule has 0 aliphatic carbocycles. The van der Waals surface area contributed by atoms with E-state index in [1.54, 1.807) is 31.4 Å².